The van der Waals surface area contributed by atoms with Gasteiger partial charge in [-0.25, -0.2) is 4.98 Å². The average molecular weight is 523 g/mol. The first kappa shape index (κ1) is 22.2. The highest BCUT2D eigenvalue weighted by Crippen LogP contribution is 2.44. The zero-order chi connectivity index (χ0) is 26.9. The summed E-state index contributed by atoms with van der Waals surface area (Å²) in [6, 6.07) is 38.8. The van der Waals surface area contributed by atoms with Crippen molar-refractivity contribution in [2.45, 2.75) is 0 Å². The summed E-state index contributed by atoms with van der Waals surface area (Å²) in [4.78, 5) is 13.8. The van der Waals surface area contributed by atoms with E-state index in [9.17, 15) is 0 Å². The highest BCUT2D eigenvalue weighted by Gasteiger charge is 2.19. The predicted octanol–water partition coefficient (Wildman–Crippen LogP) is 9.20. The molecule has 0 N–H and O–H groups in total. The van der Waals surface area contributed by atoms with Crippen LogP contribution in [0.1, 0.15) is 0 Å². The van der Waals surface area contributed by atoms with Crippen LogP contribution in [0.4, 0.5) is 0 Å². The van der Waals surface area contributed by atoms with Gasteiger partial charge in [0, 0.05) is 52.4 Å². The van der Waals surface area contributed by atoms with E-state index >= 15 is 0 Å². The van der Waals surface area contributed by atoms with Crippen LogP contribution in [0.5, 0.6) is 0 Å². The van der Waals surface area contributed by atoms with E-state index < -0.39 is 0 Å². The Balaban J connectivity index is 1.37. The lowest BCUT2D eigenvalue weighted by atomic mass is 9.89. The van der Waals surface area contributed by atoms with Gasteiger partial charge in [-0.05, 0) is 80.8 Å². The molecule has 0 radical (unpaired) electrons. The minimum absolute atomic E-state index is 0.943. The molecule has 0 aliphatic carbocycles. The number of aromatic nitrogens is 4. The van der Waals surface area contributed by atoms with E-state index in [4.69, 9.17) is 4.98 Å². The third-order valence-electron chi connectivity index (χ3n) is 8.33. The number of benzene rings is 5. The zero-order valence-electron chi connectivity index (χ0n) is 22.0. The Bertz CT molecular complexity index is 2410. The molecule has 0 saturated heterocycles. The van der Waals surface area contributed by atoms with Crippen LogP contribution in [-0.2, 0) is 0 Å². The van der Waals surface area contributed by atoms with E-state index in [0.29, 0.717) is 0 Å². The number of rotatable bonds is 3. The molecule has 0 saturated carbocycles. The Morgan fingerprint density at radius 1 is 0.488 bits per heavy atom. The second-order valence-electron chi connectivity index (χ2n) is 10.5. The van der Waals surface area contributed by atoms with Crippen LogP contribution in [0.15, 0.2) is 134 Å². The molecule has 41 heavy (non-hydrogen) atoms. The van der Waals surface area contributed by atoms with Crippen molar-refractivity contribution in [2.24, 2.45) is 0 Å². The maximum Gasteiger partial charge on any atom is 0.0715 e. The van der Waals surface area contributed by atoms with Crippen LogP contribution in [0.3, 0.4) is 0 Å². The van der Waals surface area contributed by atoms with E-state index in [2.05, 4.69) is 112 Å². The van der Waals surface area contributed by atoms with Crippen LogP contribution in [0.25, 0.3) is 82.3 Å². The molecule has 0 unspecified atom stereocenters. The van der Waals surface area contributed by atoms with Gasteiger partial charge in [0.05, 0.1) is 22.4 Å². The molecule has 4 heterocycles. The molecule has 0 bridgehead atoms. The Morgan fingerprint density at radius 2 is 1.24 bits per heavy atom. The molecule has 0 atom stereocenters. The molecular formula is C37H22N4. The molecule has 4 heteroatoms. The van der Waals surface area contributed by atoms with Gasteiger partial charge in [-0.15, -0.1) is 0 Å². The van der Waals surface area contributed by atoms with Gasteiger partial charge in [0.1, 0.15) is 0 Å². The number of fused-ring (bicyclic) bond motifs is 4. The van der Waals surface area contributed by atoms with Gasteiger partial charge in [-0.2, -0.15) is 0 Å². The minimum Gasteiger partial charge on any atom is -0.309 e. The molecule has 0 fully saturated rings. The lowest BCUT2D eigenvalue weighted by molar-refractivity contribution is 1.18. The van der Waals surface area contributed by atoms with Crippen molar-refractivity contribution in [3.05, 3.63) is 134 Å². The summed E-state index contributed by atoms with van der Waals surface area (Å²) in [5.74, 6) is 0. The summed E-state index contributed by atoms with van der Waals surface area (Å²) >= 11 is 0. The van der Waals surface area contributed by atoms with Crippen molar-refractivity contribution in [3.63, 3.8) is 0 Å². The van der Waals surface area contributed by atoms with Gasteiger partial charge < -0.3 is 4.57 Å². The Labute approximate surface area is 235 Å². The first-order valence-corrected chi connectivity index (χ1v) is 13.8. The summed E-state index contributed by atoms with van der Waals surface area (Å²) in [5, 5.41) is 9.89. The van der Waals surface area contributed by atoms with Crippen LogP contribution in [0, 0.1) is 0 Å². The number of pyridine rings is 3. The second-order valence-corrected chi connectivity index (χ2v) is 10.5. The average Bonchev–Trinajstić information content (AvgIpc) is 3.38. The number of hydrogen-bond acceptors (Lipinski definition) is 3. The first-order valence-electron chi connectivity index (χ1n) is 13.8. The first-order chi connectivity index (χ1) is 20.3. The lowest BCUT2D eigenvalue weighted by Gasteiger charge is -2.16. The predicted molar refractivity (Wildman–Crippen MR) is 169 cm³/mol. The molecule has 4 nitrogen and oxygen atoms in total. The fourth-order valence-electron chi connectivity index (χ4n) is 6.57. The van der Waals surface area contributed by atoms with Gasteiger partial charge in [0.2, 0.25) is 0 Å². The van der Waals surface area contributed by atoms with Crippen molar-refractivity contribution in [1.29, 1.82) is 0 Å². The standard InChI is InChI=1S/C37H22N4/c1-2-5-26(6-3-1)41-33-17-20-39-22-30(33)37-29-14-10-24-9-12-27(28-13-11-25(21-34(37)41)36(29)35(24)28)32-8-4-7-31(40-32)23-15-18-38-19-16-23/h1-22H. The number of hydrogen-bond donors (Lipinski definition) is 0. The summed E-state index contributed by atoms with van der Waals surface area (Å²) in [6.07, 6.45) is 7.51. The molecule has 0 aliphatic rings. The molecule has 0 spiro atoms. The van der Waals surface area contributed by atoms with Gasteiger partial charge in [0.15, 0.2) is 0 Å². The Morgan fingerprint density at radius 3 is 2.15 bits per heavy atom. The van der Waals surface area contributed by atoms with Gasteiger partial charge >= 0.3 is 0 Å². The highest BCUT2D eigenvalue weighted by molar-refractivity contribution is 6.33. The van der Waals surface area contributed by atoms with Gasteiger partial charge in [-0.1, -0.05) is 60.7 Å². The summed E-state index contributed by atoms with van der Waals surface area (Å²) < 4.78 is 2.36. The maximum absolute atomic E-state index is 5.08. The molecule has 9 aromatic rings. The zero-order valence-corrected chi connectivity index (χ0v) is 22.0. The van der Waals surface area contributed by atoms with E-state index in [-0.39, 0.29) is 0 Å². The largest absolute Gasteiger partial charge is 0.309 e. The molecule has 4 aromatic heterocycles. The molecule has 0 amide bonds. The lowest BCUT2D eigenvalue weighted by Crippen LogP contribution is -1.94. The van der Waals surface area contributed by atoms with E-state index in [0.717, 1.165) is 39.1 Å². The SMILES string of the molecule is c1ccc(-n2c3ccncc3c3c4ccc5ccc(-c6cccc(-c7ccncc7)n6)c6ccc(cc32)c4c56)cc1. The fourth-order valence-corrected chi connectivity index (χ4v) is 6.57. The number of nitrogens with zero attached hydrogens (tertiary/aromatic N) is 4. The van der Waals surface area contributed by atoms with Crippen LogP contribution in [-0.4, -0.2) is 19.5 Å². The molecule has 0 aliphatic heterocycles. The van der Waals surface area contributed by atoms with Crippen LogP contribution in [0.2, 0.25) is 0 Å². The third kappa shape index (κ3) is 3.19. The smallest absolute Gasteiger partial charge is 0.0715 e. The van der Waals surface area contributed by atoms with E-state index in [1.54, 1.807) is 0 Å². The maximum atomic E-state index is 5.08. The van der Waals surface area contributed by atoms with Crippen molar-refractivity contribution in [2.75, 3.05) is 0 Å². The fraction of sp³-hybridized carbons (Fsp3) is 0. The monoisotopic (exact) mass is 522 g/mol. The third-order valence-corrected chi connectivity index (χ3v) is 8.33. The Kier molecular flexibility index (Phi) is 4.58. The van der Waals surface area contributed by atoms with Crippen molar-refractivity contribution < 1.29 is 0 Å². The van der Waals surface area contributed by atoms with Crippen molar-refractivity contribution in [3.8, 4) is 28.2 Å². The Hall–Kier alpha value is -5.61. The normalized spacial score (nSPS) is 11.9. The topological polar surface area (TPSA) is 43.6 Å². The minimum atomic E-state index is 0.943. The van der Waals surface area contributed by atoms with Gasteiger partial charge in [0.25, 0.3) is 0 Å². The molecule has 190 valence electrons. The quantitative estimate of drug-likeness (QED) is 0.217. The molecule has 9 rings (SSSR count). The molecule has 5 aromatic carbocycles. The van der Waals surface area contributed by atoms with E-state index in [1.165, 1.54) is 43.2 Å². The van der Waals surface area contributed by atoms with Crippen LogP contribution >= 0.6 is 0 Å². The van der Waals surface area contributed by atoms with E-state index in [1.807, 2.05) is 36.9 Å². The summed E-state index contributed by atoms with van der Waals surface area (Å²) in [5.41, 5.74) is 7.60. The highest BCUT2D eigenvalue weighted by atomic mass is 15.0. The van der Waals surface area contributed by atoms with Crippen molar-refractivity contribution >= 4 is 54.1 Å². The molecular weight excluding hydrogens is 500 g/mol. The van der Waals surface area contributed by atoms with Crippen molar-refractivity contribution in [1.82, 2.24) is 19.5 Å². The number of para-hydroxylation sites is 1. The summed E-state index contributed by atoms with van der Waals surface area (Å²) in [7, 11) is 0. The van der Waals surface area contributed by atoms with Gasteiger partial charge in [-0.3, -0.25) is 9.97 Å². The van der Waals surface area contributed by atoms with Crippen LogP contribution < -0.4 is 0 Å². The summed E-state index contributed by atoms with van der Waals surface area (Å²) in [6.45, 7) is 0. The second kappa shape index (κ2) is 8.44.